The van der Waals surface area contributed by atoms with Gasteiger partial charge in [-0.15, -0.1) is 11.3 Å². The maximum absolute atomic E-state index is 12.2. The molecule has 114 valence electrons. The molecule has 0 aliphatic heterocycles. The van der Waals surface area contributed by atoms with E-state index in [1.165, 1.54) is 24.3 Å². The minimum atomic E-state index is -3.92. The topological polar surface area (TPSA) is 118 Å². The molecule has 7 nitrogen and oxygen atoms in total. The van der Waals surface area contributed by atoms with Crippen LogP contribution in [0, 0.1) is 0 Å². The summed E-state index contributed by atoms with van der Waals surface area (Å²) in [5, 5.41) is 6.50. The number of halogens is 1. The van der Waals surface area contributed by atoms with Crippen molar-refractivity contribution in [1.82, 2.24) is 0 Å². The zero-order valence-corrected chi connectivity index (χ0v) is 14.3. The van der Waals surface area contributed by atoms with Crippen molar-refractivity contribution in [1.29, 1.82) is 0 Å². The van der Waals surface area contributed by atoms with Gasteiger partial charge in [0.15, 0.2) is 4.21 Å². The van der Waals surface area contributed by atoms with Crippen LogP contribution in [0.2, 0.25) is 0 Å². The molecule has 4 N–H and O–H groups in total. The molecule has 0 radical (unpaired) electrons. The van der Waals surface area contributed by atoms with Gasteiger partial charge in [0.25, 0.3) is 20.2 Å². The quantitative estimate of drug-likeness (QED) is 0.695. The highest BCUT2D eigenvalue weighted by molar-refractivity contribution is 9.10. The third-order valence-electron chi connectivity index (χ3n) is 2.20. The Morgan fingerprint density at radius 1 is 1.05 bits per heavy atom. The molecule has 1 aromatic heterocycles. The maximum atomic E-state index is 12.2. The van der Waals surface area contributed by atoms with Gasteiger partial charge in [0.05, 0.1) is 11.4 Å². The van der Waals surface area contributed by atoms with E-state index >= 15 is 0 Å². The van der Waals surface area contributed by atoms with E-state index in [0.29, 0.717) is 4.47 Å². The minimum absolute atomic E-state index is 0.132. The number of nitrogens with two attached hydrogens (primary N) is 1. The molecule has 21 heavy (non-hydrogen) atoms. The van der Waals surface area contributed by atoms with Gasteiger partial charge in [-0.1, -0.05) is 6.07 Å². The summed E-state index contributed by atoms with van der Waals surface area (Å²) in [6, 6.07) is 7.38. The minimum Gasteiger partial charge on any atom is -0.279 e. The molecule has 2 rings (SSSR count). The first-order chi connectivity index (χ1) is 9.67. The first kappa shape index (κ1) is 16.2. The standard InChI is InChI=1S/C10H10BrN3O4S3/c11-9-4-5-19-10(9)20(15,16)13-7-2-1-3-8(6-7)14-21(12,17)18/h1-6,13-14H,(H2,12,17,18). The Hall–Kier alpha value is -1.14. The molecule has 1 aromatic carbocycles. The zero-order chi connectivity index (χ0) is 15.7. The lowest BCUT2D eigenvalue weighted by Gasteiger charge is -2.09. The van der Waals surface area contributed by atoms with Crippen LogP contribution >= 0.6 is 27.3 Å². The van der Waals surface area contributed by atoms with Crippen LogP contribution in [0.1, 0.15) is 0 Å². The normalized spacial score (nSPS) is 12.1. The predicted molar refractivity (Wildman–Crippen MR) is 86.0 cm³/mol. The number of nitrogens with one attached hydrogen (secondary N) is 2. The molecule has 0 saturated heterocycles. The van der Waals surface area contributed by atoms with Gasteiger partial charge in [-0.3, -0.25) is 9.44 Å². The molecule has 0 aliphatic rings. The molecular formula is C10H10BrN3O4S3. The molecule has 0 amide bonds. The fraction of sp³-hybridized carbons (Fsp3) is 0. The zero-order valence-electron chi connectivity index (χ0n) is 10.3. The average Bonchev–Trinajstić information content (AvgIpc) is 2.73. The van der Waals surface area contributed by atoms with E-state index in [1.54, 1.807) is 11.4 Å². The number of rotatable bonds is 5. The van der Waals surface area contributed by atoms with Crippen LogP contribution < -0.4 is 14.6 Å². The summed E-state index contributed by atoms with van der Waals surface area (Å²) in [7, 11) is -7.67. The number of anilines is 2. The summed E-state index contributed by atoms with van der Waals surface area (Å²) < 4.78 is 51.3. The third-order valence-corrected chi connectivity index (χ3v) is 6.77. The van der Waals surface area contributed by atoms with Crippen LogP contribution in [-0.4, -0.2) is 16.8 Å². The molecule has 0 aliphatic carbocycles. The fourth-order valence-corrected chi connectivity index (χ4v) is 5.33. The van der Waals surface area contributed by atoms with Gasteiger partial charge in [0.1, 0.15) is 0 Å². The number of thiophene rings is 1. The van der Waals surface area contributed by atoms with E-state index in [0.717, 1.165) is 11.3 Å². The Balaban J connectivity index is 2.28. The molecule has 0 bridgehead atoms. The molecular weight excluding hydrogens is 402 g/mol. The number of hydrogen-bond donors (Lipinski definition) is 3. The Morgan fingerprint density at radius 3 is 2.19 bits per heavy atom. The predicted octanol–water partition coefficient (Wildman–Crippen LogP) is 1.93. The van der Waals surface area contributed by atoms with Crippen LogP contribution in [-0.2, 0) is 20.2 Å². The highest BCUT2D eigenvalue weighted by Crippen LogP contribution is 2.29. The SMILES string of the molecule is NS(=O)(=O)Nc1cccc(NS(=O)(=O)c2sccc2Br)c1. The van der Waals surface area contributed by atoms with Gasteiger partial charge in [-0.25, -0.2) is 13.6 Å². The Kier molecular flexibility index (Phi) is 4.58. The van der Waals surface area contributed by atoms with Gasteiger partial charge in [0.2, 0.25) is 0 Å². The lowest BCUT2D eigenvalue weighted by molar-refractivity contribution is 0.601. The second-order valence-corrected chi connectivity index (χ2v) is 8.83. The summed E-state index contributed by atoms with van der Waals surface area (Å²) in [6.07, 6.45) is 0. The molecule has 0 spiro atoms. The van der Waals surface area contributed by atoms with E-state index in [1.807, 2.05) is 0 Å². The Labute approximate surface area is 134 Å². The Bertz CT molecular complexity index is 861. The maximum Gasteiger partial charge on any atom is 0.296 e. The summed E-state index contributed by atoms with van der Waals surface area (Å²) in [4.78, 5) is 0. The lowest BCUT2D eigenvalue weighted by atomic mass is 10.3. The van der Waals surface area contributed by atoms with Crippen molar-refractivity contribution in [2.24, 2.45) is 5.14 Å². The van der Waals surface area contributed by atoms with Crippen LogP contribution in [0.25, 0.3) is 0 Å². The summed E-state index contributed by atoms with van der Waals surface area (Å²) >= 11 is 4.21. The van der Waals surface area contributed by atoms with Crippen LogP contribution in [0.5, 0.6) is 0 Å². The van der Waals surface area contributed by atoms with Crippen LogP contribution in [0.15, 0.2) is 44.4 Å². The van der Waals surface area contributed by atoms with Gasteiger partial charge in [0, 0.05) is 4.47 Å². The summed E-state index contributed by atoms with van der Waals surface area (Å²) in [6.45, 7) is 0. The average molecular weight is 412 g/mol. The number of sulfonamides is 1. The summed E-state index contributed by atoms with van der Waals surface area (Å²) in [5.74, 6) is 0. The monoisotopic (exact) mass is 411 g/mol. The molecule has 0 fully saturated rings. The van der Waals surface area contributed by atoms with E-state index in [9.17, 15) is 16.8 Å². The number of hydrogen-bond acceptors (Lipinski definition) is 5. The molecule has 0 saturated carbocycles. The van der Waals surface area contributed by atoms with Gasteiger partial charge < -0.3 is 0 Å². The van der Waals surface area contributed by atoms with Gasteiger partial charge in [-0.05, 0) is 45.6 Å². The smallest absolute Gasteiger partial charge is 0.279 e. The second kappa shape index (κ2) is 5.93. The van der Waals surface area contributed by atoms with Crippen molar-refractivity contribution in [3.05, 3.63) is 40.2 Å². The molecule has 0 atom stereocenters. The van der Waals surface area contributed by atoms with Crippen molar-refractivity contribution >= 4 is 58.9 Å². The first-order valence-electron chi connectivity index (χ1n) is 5.34. The number of benzene rings is 1. The van der Waals surface area contributed by atoms with Crippen molar-refractivity contribution in [2.45, 2.75) is 4.21 Å². The first-order valence-corrected chi connectivity index (χ1v) is 10.0. The molecule has 1 heterocycles. The molecule has 2 aromatic rings. The highest BCUT2D eigenvalue weighted by Gasteiger charge is 2.19. The van der Waals surface area contributed by atoms with E-state index in [4.69, 9.17) is 5.14 Å². The van der Waals surface area contributed by atoms with Gasteiger partial charge in [-0.2, -0.15) is 8.42 Å². The molecule has 0 unspecified atom stereocenters. The Morgan fingerprint density at radius 2 is 1.67 bits per heavy atom. The van der Waals surface area contributed by atoms with Crippen molar-refractivity contribution in [2.75, 3.05) is 9.44 Å². The van der Waals surface area contributed by atoms with Gasteiger partial charge >= 0.3 is 0 Å². The van der Waals surface area contributed by atoms with Crippen molar-refractivity contribution in [3.8, 4) is 0 Å². The van der Waals surface area contributed by atoms with E-state index < -0.39 is 20.2 Å². The third kappa shape index (κ3) is 4.41. The lowest BCUT2D eigenvalue weighted by Crippen LogP contribution is -2.21. The van der Waals surface area contributed by atoms with Crippen molar-refractivity contribution < 1.29 is 16.8 Å². The van der Waals surface area contributed by atoms with Crippen LogP contribution in [0.4, 0.5) is 11.4 Å². The van der Waals surface area contributed by atoms with Crippen molar-refractivity contribution in [3.63, 3.8) is 0 Å². The van der Waals surface area contributed by atoms with Crippen LogP contribution in [0.3, 0.4) is 0 Å². The molecule has 11 heteroatoms. The summed E-state index contributed by atoms with van der Waals surface area (Å²) in [5.41, 5.74) is 0.367. The van der Waals surface area contributed by atoms with E-state index in [-0.39, 0.29) is 15.6 Å². The fourth-order valence-electron chi connectivity index (χ4n) is 1.48. The largest absolute Gasteiger partial charge is 0.296 e. The second-order valence-electron chi connectivity index (χ2n) is 3.89. The highest BCUT2D eigenvalue weighted by atomic mass is 79.9. The van der Waals surface area contributed by atoms with E-state index in [2.05, 4.69) is 25.4 Å².